The molecule has 0 aliphatic carbocycles. The molecule has 0 spiro atoms. The van der Waals surface area contributed by atoms with Gasteiger partial charge in [0.25, 0.3) is 0 Å². The molecule has 1 aromatic heterocycles. The Kier molecular flexibility index (Phi) is 3.55. The number of ether oxygens (including phenoxy) is 2. The van der Waals surface area contributed by atoms with Gasteiger partial charge in [0.2, 0.25) is 5.88 Å². The Bertz CT molecular complexity index is 372. The third-order valence-electron chi connectivity index (χ3n) is 1.08. The first-order chi connectivity index (χ1) is 7.55. The fourth-order valence-corrected chi connectivity index (χ4v) is 0.863. The maximum atomic E-state index is 11.8. The van der Waals surface area contributed by atoms with Gasteiger partial charge in [0.15, 0.2) is 0 Å². The fourth-order valence-electron chi connectivity index (χ4n) is 0.697. The number of aromatic nitrogens is 2. The molecule has 0 saturated heterocycles. The summed E-state index contributed by atoms with van der Waals surface area (Å²) in [7, 11) is 0. The third-order valence-corrected chi connectivity index (χ3v) is 1.27. The van der Waals surface area contributed by atoms with Gasteiger partial charge in [0.1, 0.15) is 5.15 Å². The van der Waals surface area contributed by atoms with E-state index in [1.165, 1.54) is 0 Å². The monoisotopic (exact) mass is 282 g/mol. The second kappa shape index (κ2) is 4.43. The van der Waals surface area contributed by atoms with Crippen LogP contribution in [-0.4, -0.2) is 22.7 Å². The van der Waals surface area contributed by atoms with Crippen LogP contribution in [0.1, 0.15) is 0 Å². The van der Waals surface area contributed by atoms with E-state index in [2.05, 4.69) is 19.4 Å². The molecule has 0 aliphatic rings. The van der Waals surface area contributed by atoms with E-state index in [-0.39, 0.29) is 0 Å². The minimum atomic E-state index is -5.15. The SMILES string of the molecule is FC(F)(F)Oc1cc(Cl)nc(OC(F)(F)F)n1. The van der Waals surface area contributed by atoms with Gasteiger partial charge in [-0.2, -0.15) is 9.97 Å². The summed E-state index contributed by atoms with van der Waals surface area (Å²) in [6, 6.07) is -0.914. The Hall–Kier alpha value is -1.45. The molecule has 0 bridgehead atoms. The molecule has 17 heavy (non-hydrogen) atoms. The summed E-state index contributed by atoms with van der Waals surface area (Å²) in [6.07, 6.45) is -10.3. The molecule has 96 valence electrons. The van der Waals surface area contributed by atoms with E-state index in [4.69, 9.17) is 11.6 Å². The van der Waals surface area contributed by atoms with Gasteiger partial charge >= 0.3 is 18.7 Å². The van der Waals surface area contributed by atoms with Gasteiger partial charge in [-0.1, -0.05) is 11.6 Å². The summed E-state index contributed by atoms with van der Waals surface area (Å²) < 4.78 is 76.9. The van der Waals surface area contributed by atoms with E-state index in [0.29, 0.717) is 6.07 Å². The van der Waals surface area contributed by atoms with Crippen molar-refractivity contribution in [2.75, 3.05) is 0 Å². The van der Waals surface area contributed by atoms with Gasteiger partial charge in [0.05, 0.1) is 0 Å². The van der Waals surface area contributed by atoms with Crippen molar-refractivity contribution in [2.24, 2.45) is 0 Å². The molecule has 0 saturated carbocycles. The van der Waals surface area contributed by atoms with Crippen molar-refractivity contribution in [3.8, 4) is 11.9 Å². The Morgan fingerprint density at radius 1 is 0.941 bits per heavy atom. The number of halogens is 7. The van der Waals surface area contributed by atoms with Crippen LogP contribution in [0.25, 0.3) is 0 Å². The highest BCUT2D eigenvalue weighted by Crippen LogP contribution is 2.26. The van der Waals surface area contributed by atoms with Crippen LogP contribution in [0, 0.1) is 0 Å². The molecule has 0 unspecified atom stereocenters. The molecule has 0 radical (unpaired) electrons. The molecule has 0 amide bonds. The number of nitrogens with zero attached hydrogens (tertiary/aromatic N) is 2. The molecule has 1 rings (SSSR count). The highest BCUT2D eigenvalue weighted by molar-refractivity contribution is 6.29. The number of hydrogen-bond acceptors (Lipinski definition) is 4. The highest BCUT2D eigenvalue weighted by atomic mass is 35.5. The predicted molar refractivity (Wildman–Crippen MR) is 40.4 cm³/mol. The second-order valence-corrected chi connectivity index (χ2v) is 2.79. The molecular weight excluding hydrogens is 282 g/mol. The van der Waals surface area contributed by atoms with Crippen LogP contribution in [0.2, 0.25) is 5.15 Å². The lowest BCUT2D eigenvalue weighted by molar-refractivity contribution is -0.280. The van der Waals surface area contributed by atoms with Gasteiger partial charge in [0, 0.05) is 6.07 Å². The molecule has 11 heteroatoms. The predicted octanol–water partition coefficient (Wildman–Crippen LogP) is 2.93. The first-order valence-corrected chi connectivity index (χ1v) is 3.99. The Balaban J connectivity index is 2.95. The first-order valence-electron chi connectivity index (χ1n) is 3.61. The molecule has 0 fully saturated rings. The first kappa shape index (κ1) is 13.6. The third kappa shape index (κ3) is 5.43. The van der Waals surface area contributed by atoms with Crippen LogP contribution >= 0.6 is 11.6 Å². The molecule has 0 aromatic carbocycles. The summed E-state index contributed by atoms with van der Waals surface area (Å²) in [5, 5.41) is -0.696. The zero-order valence-corrected chi connectivity index (χ0v) is 8.19. The van der Waals surface area contributed by atoms with Crippen molar-refractivity contribution >= 4 is 11.6 Å². The normalized spacial score (nSPS) is 12.4. The van der Waals surface area contributed by atoms with Crippen molar-refractivity contribution in [1.29, 1.82) is 0 Å². The molecule has 0 N–H and O–H groups in total. The van der Waals surface area contributed by atoms with Crippen molar-refractivity contribution in [3.63, 3.8) is 0 Å². The summed E-state index contributed by atoms with van der Waals surface area (Å²) in [5.74, 6) is -1.21. The van der Waals surface area contributed by atoms with Crippen LogP contribution < -0.4 is 9.47 Å². The minimum absolute atomic E-state index is 0.484. The van der Waals surface area contributed by atoms with E-state index in [1.807, 2.05) is 0 Å². The Labute approximate surface area is 94.1 Å². The lowest BCUT2D eigenvalue weighted by Gasteiger charge is -2.10. The Morgan fingerprint density at radius 3 is 1.94 bits per heavy atom. The Morgan fingerprint density at radius 2 is 1.47 bits per heavy atom. The largest absolute Gasteiger partial charge is 0.575 e. The highest BCUT2D eigenvalue weighted by Gasteiger charge is 2.35. The number of rotatable bonds is 2. The smallest absolute Gasteiger partial charge is 0.388 e. The number of alkyl halides is 6. The van der Waals surface area contributed by atoms with Gasteiger partial charge in [-0.15, -0.1) is 26.3 Å². The zero-order valence-electron chi connectivity index (χ0n) is 7.43. The summed E-state index contributed by atoms with van der Waals surface area (Å²) in [6.45, 7) is 0. The maximum absolute atomic E-state index is 11.8. The molecule has 1 heterocycles. The summed E-state index contributed by atoms with van der Waals surface area (Å²) >= 11 is 5.16. The van der Waals surface area contributed by atoms with Crippen molar-refractivity contribution in [2.45, 2.75) is 12.7 Å². The molecule has 0 aliphatic heterocycles. The van der Waals surface area contributed by atoms with Crippen LogP contribution in [0.4, 0.5) is 26.3 Å². The lowest BCUT2D eigenvalue weighted by atomic mass is 10.6. The molecule has 4 nitrogen and oxygen atoms in total. The van der Waals surface area contributed by atoms with E-state index in [0.717, 1.165) is 0 Å². The van der Waals surface area contributed by atoms with Crippen LogP contribution in [0.5, 0.6) is 11.9 Å². The second-order valence-electron chi connectivity index (χ2n) is 2.41. The summed E-state index contributed by atoms with van der Waals surface area (Å²) in [5.41, 5.74) is 0. The van der Waals surface area contributed by atoms with Crippen LogP contribution in [0.15, 0.2) is 6.07 Å². The lowest BCUT2D eigenvalue weighted by Crippen LogP contribution is -2.21. The molecular formula is C6HClF6N2O2. The van der Waals surface area contributed by atoms with E-state index < -0.39 is 29.8 Å². The standard InChI is InChI=1S/C6HClF6N2O2/c7-2-1-3(16-5(8,9)10)15-4(14-2)17-6(11,12)13/h1H. The average Bonchev–Trinajstić information content (AvgIpc) is 1.93. The minimum Gasteiger partial charge on any atom is -0.388 e. The van der Waals surface area contributed by atoms with Crippen LogP contribution in [-0.2, 0) is 0 Å². The van der Waals surface area contributed by atoms with Gasteiger partial charge in [-0.05, 0) is 0 Å². The van der Waals surface area contributed by atoms with Crippen molar-refractivity contribution < 1.29 is 35.8 Å². The van der Waals surface area contributed by atoms with Gasteiger partial charge in [-0.3, -0.25) is 0 Å². The quantitative estimate of drug-likeness (QED) is 0.618. The fraction of sp³-hybridized carbons (Fsp3) is 0.333. The van der Waals surface area contributed by atoms with Crippen LogP contribution in [0.3, 0.4) is 0 Å². The molecule has 1 aromatic rings. The van der Waals surface area contributed by atoms with E-state index in [9.17, 15) is 26.3 Å². The van der Waals surface area contributed by atoms with Gasteiger partial charge in [-0.25, -0.2) is 0 Å². The topological polar surface area (TPSA) is 44.2 Å². The van der Waals surface area contributed by atoms with Gasteiger partial charge < -0.3 is 9.47 Å². The average molecular weight is 283 g/mol. The number of hydrogen-bond donors (Lipinski definition) is 0. The van der Waals surface area contributed by atoms with Crippen molar-refractivity contribution in [1.82, 2.24) is 9.97 Å². The van der Waals surface area contributed by atoms with E-state index in [1.54, 1.807) is 0 Å². The van der Waals surface area contributed by atoms with Crippen molar-refractivity contribution in [3.05, 3.63) is 11.2 Å². The summed E-state index contributed by atoms with van der Waals surface area (Å²) in [4.78, 5) is 5.64. The molecule has 0 atom stereocenters. The zero-order chi connectivity index (χ0) is 13.3. The maximum Gasteiger partial charge on any atom is 0.575 e. The van der Waals surface area contributed by atoms with E-state index >= 15 is 0 Å².